The van der Waals surface area contributed by atoms with Crippen LogP contribution < -0.4 is 4.74 Å². The molecule has 2 aromatic heterocycles. The first-order chi connectivity index (χ1) is 19.5. The number of aryl methyl sites for hydroxylation is 2. The Morgan fingerprint density at radius 2 is 1.80 bits per heavy atom. The minimum atomic E-state index is -0.477. The van der Waals surface area contributed by atoms with Gasteiger partial charge in [-0.15, -0.1) is 0 Å². The average Bonchev–Trinajstić information content (AvgIpc) is 3.51. The number of fused-ring (bicyclic) bond motifs is 7. The Hall–Kier alpha value is -4.84. The number of furan rings is 1. The highest BCUT2D eigenvalue weighted by Gasteiger charge is 2.47. The molecule has 4 aromatic carbocycles. The van der Waals surface area contributed by atoms with E-state index >= 15 is 0 Å². The zero-order valence-electron chi connectivity index (χ0n) is 22.1. The van der Waals surface area contributed by atoms with E-state index in [2.05, 4.69) is 36.2 Å². The van der Waals surface area contributed by atoms with Crippen molar-refractivity contribution in [1.29, 1.82) is 0 Å². The fraction of sp³-hybridized carbons (Fsp3) is 0.176. The predicted molar refractivity (Wildman–Crippen MR) is 155 cm³/mol. The van der Waals surface area contributed by atoms with Gasteiger partial charge >= 0.3 is 0 Å². The number of pyridine rings is 1. The molecule has 6 heteroatoms. The Morgan fingerprint density at radius 3 is 2.73 bits per heavy atom. The molecule has 40 heavy (non-hydrogen) atoms. The number of ether oxygens (including phenoxy) is 2. The number of phenolic OH excluding ortho intramolecular Hbond substituents is 1. The molecule has 1 N–H and O–H groups in total. The van der Waals surface area contributed by atoms with E-state index in [1.54, 1.807) is 6.07 Å². The highest BCUT2D eigenvalue weighted by Crippen LogP contribution is 2.46. The van der Waals surface area contributed by atoms with E-state index in [1.807, 2.05) is 61.5 Å². The van der Waals surface area contributed by atoms with Crippen molar-refractivity contribution < 1.29 is 19.0 Å². The van der Waals surface area contributed by atoms with Gasteiger partial charge in [0.25, 0.3) is 0 Å². The topological polar surface area (TPSA) is 77.1 Å². The number of aromatic hydroxyl groups is 1. The molecular formula is C34H26N2O4. The van der Waals surface area contributed by atoms with E-state index in [1.165, 1.54) is 11.1 Å². The van der Waals surface area contributed by atoms with E-state index in [0.29, 0.717) is 28.6 Å². The highest BCUT2D eigenvalue weighted by molar-refractivity contribution is 6.14. The highest BCUT2D eigenvalue weighted by atomic mass is 16.5. The second-order valence-electron chi connectivity index (χ2n) is 10.9. The van der Waals surface area contributed by atoms with Crippen molar-refractivity contribution in [3.05, 3.63) is 107 Å². The van der Waals surface area contributed by atoms with Crippen molar-refractivity contribution in [2.24, 2.45) is 4.99 Å². The zero-order chi connectivity index (χ0) is 27.0. The van der Waals surface area contributed by atoms with E-state index in [9.17, 15) is 5.11 Å². The summed E-state index contributed by atoms with van der Waals surface area (Å²) in [6.07, 6.45) is 1.79. The van der Waals surface area contributed by atoms with Crippen LogP contribution in [0.1, 0.15) is 35.6 Å². The maximum Gasteiger partial charge on any atom is 0.221 e. The maximum absolute atomic E-state index is 10.5. The van der Waals surface area contributed by atoms with Gasteiger partial charge < -0.3 is 19.0 Å². The molecule has 0 fully saturated rings. The number of phenols is 1. The Balaban J connectivity index is 1.29. The van der Waals surface area contributed by atoms with Crippen molar-refractivity contribution in [2.75, 3.05) is 0 Å². The molecule has 196 valence electrons. The fourth-order valence-corrected chi connectivity index (χ4v) is 6.32. The summed E-state index contributed by atoms with van der Waals surface area (Å²) in [5, 5.41) is 13.2. The third-order valence-electron chi connectivity index (χ3n) is 8.25. The molecule has 0 bridgehead atoms. The van der Waals surface area contributed by atoms with Crippen LogP contribution in [0.25, 0.3) is 32.8 Å². The Kier molecular flexibility index (Phi) is 4.81. The molecule has 0 unspecified atom stereocenters. The molecule has 6 nitrogen and oxygen atoms in total. The fourth-order valence-electron chi connectivity index (χ4n) is 6.32. The number of rotatable bonds is 3. The van der Waals surface area contributed by atoms with Crippen LogP contribution in [0.15, 0.2) is 94.3 Å². The number of hydrogen-bond donors (Lipinski definition) is 1. The molecule has 3 heterocycles. The van der Waals surface area contributed by atoms with Crippen LogP contribution in [0.3, 0.4) is 0 Å². The molecule has 0 saturated carbocycles. The minimum absolute atomic E-state index is 0.0602. The number of hydrogen-bond acceptors (Lipinski definition) is 6. The molecule has 1 aliphatic carbocycles. The molecule has 8 rings (SSSR count). The van der Waals surface area contributed by atoms with Gasteiger partial charge in [0, 0.05) is 22.2 Å². The molecule has 0 radical (unpaired) electrons. The predicted octanol–water partition coefficient (Wildman–Crippen LogP) is 7.95. The second kappa shape index (κ2) is 8.33. The lowest BCUT2D eigenvalue weighted by atomic mass is 9.76. The second-order valence-corrected chi connectivity index (χ2v) is 10.9. The van der Waals surface area contributed by atoms with E-state index in [4.69, 9.17) is 18.9 Å². The van der Waals surface area contributed by atoms with Crippen LogP contribution >= 0.6 is 0 Å². The zero-order valence-corrected chi connectivity index (χ0v) is 22.1. The SMILES string of the molecule is Cc1cc(O)c2nc(Oc3cc(C4=N[C@@]5(C)c6ccccc6CC[C@@H]5O4)c4oc5ccccc5c4c3)ccc2c1. The molecular weight excluding hydrogens is 500 g/mol. The molecule has 2 atom stereocenters. The Labute approximate surface area is 230 Å². The molecule has 2 aliphatic rings. The lowest BCUT2D eigenvalue weighted by molar-refractivity contribution is 0.127. The molecule has 0 saturated heterocycles. The first-order valence-corrected chi connectivity index (χ1v) is 13.5. The average molecular weight is 527 g/mol. The summed E-state index contributed by atoms with van der Waals surface area (Å²) in [4.78, 5) is 9.82. The minimum Gasteiger partial charge on any atom is -0.506 e. The van der Waals surface area contributed by atoms with Crippen molar-refractivity contribution >= 4 is 38.7 Å². The smallest absolute Gasteiger partial charge is 0.221 e. The standard InChI is InChI=1S/C34H26N2O4/c1-19-15-21-12-14-30(35-31(21)27(37)16-19)38-22-17-24-23-8-4-6-10-28(23)39-32(24)25(18-22)33-36-34(2)26-9-5-3-7-20(26)11-13-29(34)40-33/h3-10,12,14-18,29,37H,11,13H2,1-2H3/t29-,34-/m0/s1. The van der Waals surface area contributed by atoms with Gasteiger partial charge in [-0.1, -0.05) is 42.5 Å². The third kappa shape index (κ3) is 3.42. The van der Waals surface area contributed by atoms with Crippen molar-refractivity contribution in [3.63, 3.8) is 0 Å². The van der Waals surface area contributed by atoms with E-state index in [0.717, 1.165) is 45.7 Å². The lowest BCUT2D eigenvalue weighted by Crippen LogP contribution is -2.37. The monoisotopic (exact) mass is 526 g/mol. The summed E-state index contributed by atoms with van der Waals surface area (Å²) in [7, 11) is 0. The van der Waals surface area contributed by atoms with Gasteiger partial charge in [0.2, 0.25) is 11.8 Å². The summed E-state index contributed by atoms with van der Waals surface area (Å²) in [6, 6.07) is 27.8. The summed E-state index contributed by atoms with van der Waals surface area (Å²) in [6.45, 7) is 4.10. The molecule has 0 amide bonds. The van der Waals surface area contributed by atoms with Crippen LogP contribution in [-0.4, -0.2) is 22.1 Å². The number of aliphatic imine (C=N–C) groups is 1. The Morgan fingerprint density at radius 1 is 0.950 bits per heavy atom. The number of aromatic nitrogens is 1. The molecule has 6 aromatic rings. The third-order valence-corrected chi connectivity index (χ3v) is 8.25. The van der Waals surface area contributed by atoms with Gasteiger partial charge in [-0.05, 0) is 79.8 Å². The van der Waals surface area contributed by atoms with Gasteiger partial charge in [-0.2, -0.15) is 0 Å². The lowest BCUT2D eigenvalue weighted by Gasteiger charge is -2.34. The quantitative estimate of drug-likeness (QED) is 0.253. The summed E-state index contributed by atoms with van der Waals surface area (Å²) in [5.74, 6) is 1.65. The van der Waals surface area contributed by atoms with E-state index < -0.39 is 5.54 Å². The number of para-hydroxylation sites is 1. The Bertz CT molecular complexity index is 2020. The van der Waals surface area contributed by atoms with Crippen molar-refractivity contribution in [3.8, 4) is 17.4 Å². The van der Waals surface area contributed by atoms with Crippen LogP contribution in [0.5, 0.6) is 17.4 Å². The van der Waals surface area contributed by atoms with Crippen LogP contribution in [-0.2, 0) is 16.7 Å². The normalized spacial score (nSPS) is 19.9. The maximum atomic E-state index is 10.5. The number of nitrogens with zero attached hydrogens (tertiary/aromatic N) is 2. The largest absolute Gasteiger partial charge is 0.506 e. The van der Waals surface area contributed by atoms with Gasteiger partial charge in [0.1, 0.15) is 39.8 Å². The first-order valence-electron chi connectivity index (χ1n) is 13.5. The van der Waals surface area contributed by atoms with Crippen molar-refractivity contribution in [2.45, 2.75) is 38.3 Å². The summed E-state index contributed by atoms with van der Waals surface area (Å²) >= 11 is 0. The van der Waals surface area contributed by atoms with Gasteiger partial charge in [-0.3, -0.25) is 0 Å². The van der Waals surface area contributed by atoms with E-state index in [-0.39, 0.29) is 11.9 Å². The first kappa shape index (κ1) is 23.1. The van der Waals surface area contributed by atoms with Crippen molar-refractivity contribution in [1.82, 2.24) is 4.98 Å². The van der Waals surface area contributed by atoms with Gasteiger partial charge in [0.15, 0.2) is 0 Å². The molecule has 1 aliphatic heterocycles. The summed E-state index contributed by atoms with van der Waals surface area (Å²) in [5.41, 5.74) is 5.76. The van der Waals surface area contributed by atoms with Crippen LogP contribution in [0.2, 0.25) is 0 Å². The van der Waals surface area contributed by atoms with Crippen LogP contribution in [0.4, 0.5) is 0 Å². The number of benzene rings is 4. The van der Waals surface area contributed by atoms with Gasteiger partial charge in [-0.25, -0.2) is 9.98 Å². The van der Waals surface area contributed by atoms with Crippen LogP contribution in [0, 0.1) is 6.92 Å². The van der Waals surface area contributed by atoms with Gasteiger partial charge in [0.05, 0.1) is 5.56 Å². The molecule has 0 spiro atoms. The summed E-state index contributed by atoms with van der Waals surface area (Å²) < 4.78 is 19.3.